The summed E-state index contributed by atoms with van der Waals surface area (Å²) in [5, 5.41) is 7.43. The maximum absolute atomic E-state index is 13.1. The van der Waals surface area contributed by atoms with Gasteiger partial charge in [-0.1, -0.05) is 11.6 Å². The molecule has 2 aliphatic rings. The Morgan fingerprint density at radius 1 is 1.12 bits per heavy atom. The van der Waals surface area contributed by atoms with Gasteiger partial charge in [-0.2, -0.15) is 18.3 Å². The Kier molecular flexibility index (Phi) is 5.20. The standard InChI is InChI=1S/C23H20ClF3N4O/c24-17-9-15(8-16(11-17)23(25,26)27)22(32)29-18-2-1-7-31-21(18)12-20(30-31)14-5-6-28-19(10-14)13-3-4-13/h5-6,8-13,18H,1-4,7H2,(H,29,32). The van der Waals surface area contributed by atoms with E-state index >= 15 is 0 Å². The van der Waals surface area contributed by atoms with Crippen molar-refractivity contribution >= 4 is 17.5 Å². The van der Waals surface area contributed by atoms with Gasteiger partial charge in [0.15, 0.2) is 0 Å². The number of nitrogens with zero attached hydrogens (tertiary/aromatic N) is 3. The number of aryl methyl sites for hydroxylation is 1. The fourth-order valence-electron chi connectivity index (χ4n) is 4.11. The number of amides is 1. The van der Waals surface area contributed by atoms with E-state index in [0.717, 1.165) is 60.6 Å². The van der Waals surface area contributed by atoms with E-state index in [9.17, 15) is 18.0 Å². The van der Waals surface area contributed by atoms with Gasteiger partial charge in [-0.25, -0.2) is 0 Å². The molecule has 0 spiro atoms. The third-order valence-corrected chi connectivity index (χ3v) is 6.11. The number of fused-ring (bicyclic) bond motifs is 1. The van der Waals surface area contributed by atoms with Crippen LogP contribution in [0.5, 0.6) is 0 Å². The van der Waals surface area contributed by atoms with Gasteiger partial charge in [0, 0.05) is 40.5 Å². The molecular weight excluding hydrogens is 441 g/mol. The Bertz CT molecular complexity index is 1190. The minimum Gasteiger partial charge on any atom is -0.344 e. The van der Waals surface area contributed by atoms with Crippen LogP contribution in [-0.2, 0) is 12.7 Å². The molecule has 1 atom stereocenters. The summed E-state index contributed by atoms with van der Waals surface area (Å²) in [6.07, 6.45) is 0.993. The van der Waals surface area contributed by atoms with Crippen LogP contribution >= 0.6 is 11.6 Å². The molecule has 1 saturated carbocycles. The van der Waals surface area contributed by atoms with Crippen molar-refractivity contribution in [2.24, 2.45) is 0 Å². The number of benzene rings is 1. The molecule has 0 saturated heterocycles. The molecule has 5 nitrogen and oxygen atoms in total. The molecule has 1 fully saturated rings. The van der Waals surface area contributed by atoms with Gasteiger partial charge in [0.05, 0.1) is 23.0 Å². The first-order chi connectivity index (χ1) is 15.3. The lowest BCUT2D eigenvalue weighted by Crippen LogP contribution is -2.32. The van der Waals surface area contributed by atoms with Gasteiger partial charge in [-0.05, 0) is 62.1 Å². The van der Waals surface area contributed by atoms with Crippen LogP contribution in [-0.4, -0.2) is 20.7 Å². The molecule has 9 heteroatoms. The zero-order valence-corrected chi connectivity index (χ0v) is 17.7. The lowest BCUT2D eigenvalue weighted by atomic mass is 10.0. The van der Waals surface area contributed by atoms with E-state index in [4.69, 9.17) is 16.7 Å². The van der Waals surface area contributed by atoms with E-state index in [1.807, 2.05) is 16.8 Å². The lowest BCUT2D eigenvalue weighted by molar-refractivity contribution is -0.137. The Hall–Kier alpha value is -2.87. The summed E-state index contributed by atoms with van der Waals surface area (Å²) in [6.45, 7) is 0.720. The largest absolute Gasteiger partial charge is 0.416 e. The van der Waals surface area contributed by atoms with Crippen molar-refractivity contribution < 1.29 is 18.0 Å². The molecule has 1 aliphatic heterocycles. The second-order valence-electron chi connectivity index (χ2n) is 8.32. The van der Waals surface area contributed by atoms with Crippen LogP contribution in [0.1, 0.15) is 65.0 Å². The molecule has 3 heterocycles. The minimum atomic E-state index is -4.58. The molecule has 32 heavy (non-hydrogen) atoms. The SMILES string of the molecule is O=C(NC1CCCn2nc(-c3ccnc(C4CC4)c3)cc21)c1cc(Cl)cc(C(F)(F)F)c1. The van der Waals surface area contributed by atoms with E-state index in [0.29, 0.717) is 12.3 Å². The van der Waals surface area contributed by atoms with E-state index < -0.39 is 17.6 Å². The molecule has 0 radical (unpaired) electrons. The first-order valence-electron chi connectivity index (χ1n) is 10.5. The first-order valence-corrected chi connectivity index (χ1v) is 10.9. The zero-order valence-electron chi connectivity index (χ0n) is 17.0. The third kappa shape index (κ3) is 4.24. The van der Waals surface area contributed by atoms with Crippen LogP contribution < -0.4 is 5.32 Å². The summed E-state index contributed by atoms with van der Waals surface area (Å²) in [5.41, 5.74) is 2.61. The molecule has 1 aromatic carbocycles. The van der Waals surface area contributed by atoms with Crippen molar-refractivity contribution in [1.29, 1.82) is 0 Å². The normalized spacial score (nSPS) is 18.3. The highest BCUT2D eigenvalue weighted by Gasteiger charge is 2.32. The van der Waals surface area contributed by atoms with E-state index in [2.05, 4.69) is 16.4 Å². The summed E-state index contributed by atoms with van der Waals surface area (Å²) in [4.78, 5) is 17.2. The number of hydrogen-bond donors (Lipinski definition) is 1. The maximum Gasteiger partial charge on any atom is 0.416 e. The van der Waals surface area contributed by atoms with Crippen molar-refractivity contribution in [1.82, 2.24) is 20.1 Å². The molecule has 3 aromatic rings. The van der Waals surface area contributed by atoms with Gasteiger partial charge in [-0.15, -0.1) is 0 Å². The number of hydrogen-bond acceptors (Lipinski definition) is 3. The summed E-state index contributed by atoms with van der Waals surface area (Å²) >= 11 is 5.84. The molecule has 2 aromatic heterocycles. The van der Waals surface area contributed by atoms with Crippen molar-refractivity contribution in [2.75, 3.05) is 0 Å². The summed E-state index contributed by atoms with van der Waals surface area (Å²) in [5.74, 6) is -0.0716. The highest BCUT2D eigenvalue weighted by atomic mass is 35.5. The van der Waals surface area contributed by atoms with Crippen molar-refractivity contribution in [3.63, 3.8) is 0 Å². The Morgan fingerprint density at radius 2 is 1.94 bits per heavy atom. The molecule has 1 unspecified atom stereocenters. The fraction of sp³-hybridized carbons (Fsp3) is 0.348. The quantitative estimate of drug-likeness (QED) is 0.538. The fourth-order valence-corrected chi connectivity index (χ4v) is 4.34. The number of nitrogens with one attached hydrogen (secondary N) is 1. The molecular formula is C23H20ClF3N4O. The smallest absolute Gasteiger partial charge is 0.344 e. The van der Waals surface area contributed by atoms with Crippen molar-refractivity contribution in [3.8, 4) is 11.3 Å². The highest BCUT2D eigenvalue weighted by molar-refractivity contribution is 6.31. The number of rotatable bonds is 4. The monoisotopic (exact) mass is 460 g/mol. The van der Waals surface area contributed by atoms with Crippen molar-refractivity contribution in [2.45, 2.75) is 50.4 Å². The Balaban J connectivity index is 1.40. The predicted octanol–water partition coefficient (Wildman–Crippen LogP) is 5.76. The molecule has 5 rings (SSSR count). The first kappa shape index (κ1) is 21.0. The molecule has 1 N–H and O–H groups in total. The summed E-state index contributed by atoms with van der Waals surface area (Å²) < 4.78 is 41.2. The number of halogens is 4. The van der Waals surface area contributed by atoms with E-state index in [1.165, 1.54) is 6.07 Å². The van der Waals surface area contributed by atoms with Crippen LogP contribution in [0.3, 0.4) is 0 Å². The van der Waals surface area contributed by atoms with Gasteiger partial charge in [0.2, 0.25) is 0 Å². The number of pyridine rings is 1. The van der Waals surface area contributed by atoms with Crippen LogP contribution in [0, 0.1) is 0 Å². The molecule has 166 valence electrons. The number of alkyl halides is 3. The second-order valence-corrected chi connectivity index (χ2v) is 8.75. The predicted molar refractivity (Wildman–Crippen MR) is 113 cm³/mol. The van der Waals surface area contributed by atoms with Gasteiger partial charge in [0.1, 0.15) is 0 Å². The number of carbonyl (C=O) groups is 1. The highest BCUT2D eigenvalue weighted by Crippen LogP contribution is 2.40. The van der Waals surface area contributed by atoms with E-state index in [1.54, 1.807) is 6.20 Å². The second kappa shape index (κ2) is 7.92. The average molecular weight is 461 g/mol. The summed E-state index contributed by atoms with van der Waals surface area (Å²) in [6, 6.07) is 8.44. The summed E-state index contributed by atoms with van der Waals surface area (Å²) in [7, 11) is 0. The van der Waals surface area contributed by atoms with Crippen LogP contribution in [0.25, 0.3) is 11.3 Å². The van der Waals surface area contributed by atoms with Gasteiger partial charge >= 0.3 is 6.18 Å². The van der Waals surface area contributed by atoms with Crippen LogP contribution in [0.15, 0.2) is 42.6 Å². The minimum absolute atomic E-state index is 0.120. The zero-order chi connectivity index (χ0) is 22.5. The van der Waals surface area contributed by atoms with E-state index in [-0.39, 0.29) is 16.6 Å². The molecule has 0 bridgehead atoms. The molecule has 1 amide bonds. The van der Waals surface area contributed by atoms with Gasteiger partial charge < -0.3 is 5.32 Å². The topological polar surface area (TPSA) is 59.8 Å². The lowest BCUT2D eigenvalue weighted by Gasteiger charge is -2.24. The van der Waals surface area contributed by atoms with Gasteiger partial charge in [0.25, 0.3) is 5.91 Å². The average Bonchev–Trinajstić information content (AvgIpc) is 3.51. The Morgan fingerprint density at radius 3 is 2.69 bits per heavy atom. The number of aromatic nitrogens is 3. The van der Waals surface area contributed by atoms with Crippen molar-refractivity contribution in [3.05, 3.63) is 70.1 Å². The number of carbonyl (C=O) groups excluding carboxylic acids is 1. The van der Waals surface area contributed by atoms with Crippen LogP contribution in [0.2, 0.25) is 5.02 Å². The van der Waals surface area contributed by atoms with Gasteiger partial charge in [-0.3, -0.25) is 14.5 Å². The molecule has 1 aliphatic carbocycles. The van der Waals surface area contributed by atoms with Crippen LogP contribution in [0.4, 0.5) is 13.2 Å². The Labute approximate surface area is 187 Å². The maximum atomic E-state index is 13.1. The third-order valence-electron chi connectivity index (χ3n) is 5.90.